The predicted octanol–water partition coefficient (Wildman–Crippen LogP) is 2.66. The Morgan fingerprint density at radius 2 is 2.04 bits per heavy atom. The lowest BCUT2D eigenvalue weighted by Crippen LogP contribution is -2.16. The Morgan fingerprint density at radius 1 is 1.30 bits per heavy atom. The maximum Gasteiger partial charge on any atom is 0.341 e. The molecule has 2 aromatic rings. The maximum atomic E-state index is 12.5. The molecule has 0 saturated carbocycles. The third-order valence-electron chi connectivity index (χ3n) is 3.44. The molecular formula is C15H15NO5S2. The Labute approximate surface area is 138 Å². The summed E-state index contributed by atoms with van der Waals surface area (Å²) in [5.41, 5.74) is 0.950. The summed E-state index contributed by atoms with van der Waals surface area (Å²) in [4.78, 5) is 12.2. The molecule has 0 atom stereocenters. The van der Waals surface area contributed by atoms with Crippen molar-refractivity contribution in [1.29, 1.82) is 0 Å². The van der Waals surface area contributed by atoms with Crippen LogP contribution in [-0.2, 0) is 21.2 Å². The lowest BCUT2D eigenvalue weighted by Gasteiger charge is -2.13. The molecule has 3 rings (SSSR count). The van der Waals surface area contributed by atoms with Crippen LogP contribution in [0.15, 0.2) is 35.2 Å². The van der Waals surface area contributed by atoms with Crippen LogP contribution in [-0.4, -0.2) is 28.1 Å². The molecule has 0 bridgehead atoms. The molecule has 1 aromatic carbocycles. The summed E-state index contributed by atoms with van der Waals surface area (Å²) in [6.45, 7) is 0.555. The summed E-state index contributed by atoms with van der Waals surface area (Å²) >= 11 is 1.11. The first-order chi connectivity index (χ1) is 11.0. The zero-order valence-electron chi connectivity index (χ0n) is 12.4. The van der Waals surface area contributed by atoms with Gasteiger partial charge >= 0.3 is 5.97 Å². The fourth-order valence-corrected chi connectivity index (χ4v) is 4.81. The van der Waals surface area contributed by atoms with E-state index in [0.717, 1.165) is 17.8 Å². The number of nitrogens with one attached hydrogen (secondary N) is 1. The Kier molecular flexibility index (Phi) is 4.27. The normalized spacial score (nSPS) is 13.8. The minimum absolute atomic E-state index is 0.128. The molecule has 0 unspecified atom stereocenters. The van der Waals surface area contributed by atoms with Crippen LogP contribution in [0.5, 0.6) is 5.06 Å². The number of carbonyl (C=O) groups excluding carboxylic acids is 1. The third-order valence-corrected chi connectivity index (χ3v) is 6.00. The van der Waals surface area contributed by atoms with Crippen LogP contribution in [0.3, 0.4) is 0 Å². The van der Waals surface area contributed by atoms with E-state index in [1.807, 2.05) is 0 Å². The molecule has 1 N–H and O–H groups in total. The van der Waals surface area contributed by atoms with Crippen LogP contribution < -0.4 is 9.46 Å². The van der Waals surface area contributed by atoms with E-state index in [-0.39, 0.29) is 15.5 Å². The Balaban J connectivity index is 2.03. The summed E-state index contributed by atoms with van der Waals surface area (Å²) < 4.78 is 37.8. The van der Waals surface area contributed by atoms with Gasteiger partial charge in [0.25, 0.3) is 10.0 Å². The molecule has 0 amide bonds. The van der Waals surface area contributed by atoms with Gasteiger partial charge in [0.15, 0.2) is 5.06 Å². The van der Waals surface area contributed by atoms with Gasteiger partial charge in [-0.25, -0.2) is 13.2 Å². The molecule has 0 spiro atoms. The number of carbonyl (C=O) groups is 1. The van der Waals surface area contributed by atoms with E-state index >= 15 is 0 Å². The quantitative estimate of drug-likeness (QED) is 0.855. The van der Waals surface area contributed by atoms with Crippen LogP contribution in [0, 0.1) is 0 Å². The SMILES string of the molecule is COC(=O)c1c(NS(=O)(=O)c2ccccc2)sc2c1CCCO2. The number of hydrogen-bond acceptors (Lipinski definition) is 6. The van der Waals surface area contributed by atoms with E-state index in [1.165, 1.54) is 19.2 Å². The van der Waals surface area contributed by atoms with Crippen molar-refractivity contribution in [2.75, 3.05) is 18.4 Å². The zero-order chi connectivity index (χ0) is 16.4. The highest BCUT2D eigenvalue weighted by Gasteiger charge is 2.29. The van der Waals surface area contributed by atoms with Gasteiger partial charge in [-0.1, -0.05) is 29.5 Å². The lowest BCUT2D eigenvalue weighted by atomic mass is 10.1. The smallest absolute Gasteiger partial charge is 0.341 e. The Bertz CT molecular complexity index is 827. The van der Waals surface area contributed by atoms with Crippen molar-refractivity contribution >= 4 is 32.3 Å². The molecule has 23 heavy (non-hydrogen) atoms. The number of thiophene rings is 1. The van der Waals surface area contributed by atoms with Crippen molar-refractivity contribution in [3.63, 3.8) is 0 Å². The van der Waals surface area contributed by atoms with E-state index in [1.54, 1.807) is 18.2 Å². The van der Waals surface area contributed by atoms with E-state index in [2.05, 4.69) is 4.72 Å². The molecule has 1 aliphatic heterocycles. The molecule has 0 saturated heterocycles. The highest BCUT2D eigenvalue weighted by molar-refractivity contribution is 7.93. The second-order valence-corrected chi connectivity index (χ2v) is 7.60. The van der Waals surface area contributed by atoms with Gasteiger partial charge in [0.1, 0.15) is 10.6 Å². The first-order valence-electron chi connectivity index (χ1n) is 6.97. The fraction of sp³-hybridized carbons (Fsp3) is 0.267. The minimum atomic E-state index is -3.78. The molecule has 122 valence electrons. The van der Waals surface area contributed by atoms with Crippen LogP contribution in [0.25, 0.3) is 0 Å². The number of ether oxygens (including phenoxy) is 2. The molecule has 2 heterocycles. The van der Waals surface area contributed by atoms with Gasteiger partial charge in [-0.2, -0.15) is 0 Å². The third kappa shape index (κ3) is 3.04. The van der Waals surface area contributed by atoms with E-state index in [0.29, 0.717) is 23.7 Å². The van der Waals surface area contributed by atoms with Gasteiger partial charge in [-0.15, -0.1) is 0 Å². The molecule has 0 aliphatic carbocycles. The second-order valence-electron chi connectivity index (χ2n) is 4.93. The predicted molar refractivity (Wildman–Crippen MR) is 86.7 cm³/mol. The number of anilines is 1. The van der Waals surface area contributed by atoms with Gasteiger partial charge in [0, 0.05) is 5.56 Å². The van der Waals surface area contributed by atoms with Crippen molar-refractivity contribution in [2.24, 2.45) is 0 Å². The van der Waals surface area contributed by atoms with E-state index in [4.69, 9.17) is 9.47 Å². The Morgan fingerprint density at radius 3 is 2.74 bits per heavy atom. The standard InChI is InChI=1S/C15H15NO5S2/c1-20-14(17)12-11-8-5-9-21-15(11)22-13(12)16-23(18,19)10-6-3-2-4-7-10/h2-4,6-7,16H,5,8-9H2,1H3. The fourth-order valence-electron chi connectivity index (χ4n) is 2.37. The van der Waals surface area contributed by atoms with Crippen molar-refractivity contribution in [1.82, 2.24) is 0 Å². The van der Waals surface area contributed by atoms with Crippen LogP contribution in [0.2, 0.25) is 0 Å². The second kappa shape index (κ2) is 6.21. The van der Waals surface area contributed by atoms with E-state index < -0.39 is 16.0 Å². The van der Waals surface area contributed by atoms with E-state index in [9.17, 15) is 13.2 Å². The number of esters is 1. The molecule has 1 aromatic heterocycles. The highest BCUT2D eigenvalue weighted by Crippen LogP contribution is 2.43. The molecule has 1 aliphatic rings. The first kappa shape index (κ1) is 15.8. The Hall–Kier alpha value is -2.06. The van der Waals surface area contributed by atoms with Crippen LogP contribution in [0.4, 0.5) is 5.00 Å². The summed E-state index contributed by atoms with van der Waals surface area (Å²) in [7, 11) is -2.51. The minimum Gasteiger partial charge on any atom is -0.484 e. The van der Waals surface area contributed by atoms with Gasteiger partial charge in [-0.3, -0.25) is 4.72 Å². The average Bonchev–Trinajstić information content (AvgIpc) is 2.92. The van der Waals surface area contributed by atoms with Gasteiger partial charge < -0.3 is 9.47 Å². The van der Waals surface area contributed by atoms with Crippen LogP contribution >= 0.6 is 11.3 Å². The summed E-state index contributed by atoms with van der Waals surface area (Å²) in [5.74, 6) is -0.571. The molecule has 0 fully saturated rings. The zero-order valence-corrected chi connectivity index (χ0v) is 14.0. The average molecular weight is 353 g/mol. The number of hydrogen-bond donors (Lipinski definition) is 1. The topological polar surface area (TPSA) is 81.7 Å². The summed E-state index contributed by atoms with van der Waals surface area (Å²) in [6.07, 6.45) is 1.43. The maximum absolute atomic E-state index is 12.5. The van der Waals surface area contributed by atoms with Crippen molar-refractivity contribution in [3.05, 3.63) is 41.5 Å². The number of fused-ring (bicyclic) bond motifs is 1. The summed E-state index contributed by atoms with van der Waals surface area (Å²) in [6, 6.07) is 7.99. The van der Waals surface area contributed by atoms with Gasteiger partial charge in [-0.05, 0) is 25.0 Å². The molecule has 0 radical (unpaired) electrons. The number of methoxy groups -OCH3 is 1. The number of rotatable bonds is 4. The van der Waals surface area contributed by atoms with Crippen LogP contribution in [0.1, 0.15) is 22.3 Å². The van der Waals surface area contributed by atoms with Crippen molar-refractivity contribution < 1.29 is 22.7 Å². The molecule has 8 heteroatoms. The van der Waals surface area contributed by atoms with Gasteiger partial charge in [0.05, 0.1) is 18.6 Å². The number of benzene rings is 1. The lowest BCUT2D eigenvalue weighted by molar-refractivity contribution is 0.0600. The largest absolute Gasteiger partial charge is 0.484 e. The number of sulfonamides is 1. The van der Waals surface area contributed by atoms with Gasteiger partial charge in [0.2, 0.25) is 0 Å². The summed E-state index contributed by atoms with van der Waals surface area (Å²) in [5, 5.41) is 0.801. The highest BCUT2D eigenvalue weighted by atomic mass is 32.2. The first-order valence-corrected chi connectivity index (χ1v) is 9.27. The molecular weight excluding hydrogens is 338 g/mol. The van der Waals surface area contributed by atoms with Crippen molar-refractivity contribution in [3.8, 4) is 5.06 Å². The molecule has 6 nitrogen and oxygen atoms in total. The van der Waals surface area contributed by atoms with Crippen molar-refractivity contribution in [2.45, 2.75) is 17.7 Å². The monoisotopic (exact) mass is 353 g/mol.